The molecule has 1 aliphatic rings. The number of ether oxygens (including phenoxy) is 1. The summed E-state index contributed by atoms with van der Waals surface area (Å²) in [5.41, 5.74) is 3.59. The van der Waals surface area contributed by atoms with Crippen LogP contribution in [0.4, 0.5) is 4.39 Å². The third kappa shape index (κ3) is 7.18. The Hall–Kier alpha value is -2.64. The molecule has 0 saturated carbocycles. The maximum Gasteiger partial charge on any atom is 0.145 e. The van der Waals surface area contributed by atoms with Gasteiger partial charge in [0, 0.05) is 31.6 Å². The second-order valence-corrected chi connectivity index (χ2v) is 9.46. The number of hydrogen-bond acceptors (Lipinski definition) is 5. The van der Waals surface area contributed by atoms with E-state index < -0.39 is 6.10 Å². The van der Waals surface area contributed by atoms with Gasteiger partial charge in [0.25, 0.3) is 0 Å². The fourth-order valence-corrected chi connectivity index (χ4v) is 4.27. The summed E-state index contributed by atoms with van der Waals surface area (Å²) in [6.45, 7) is 3.51. The summed E-state index contributed by atoms with van der Waals surface area (Å²) in [4.78, 5) is 7.77. The molecule has 1 heterocycles. The Balaban J connectivity index is 1.39. The number of hydrogen-bond donors (Lipinski definition) is 1. The average molecular weight is 517 g/mol. The Bertz CT molecular complexity index is 1170. The van der Waals surface area contributed by atoms with Crippen LogP contribution < -0.4 is 4.74 Å². The van der Waals surface area contributed by atoms with Crippen molar-refractivity contribution in [2.24, 2.45) is 5.16 Å². The van der Waals surface area contributed by atoms with Crippen molar-refractivity contribution in [1.29, 1.82) is 0 Å². The van der Waals surface area contributed by atoms with Crippen molar-refractivity contribution in [2.45, 2.75) is 32.1 Å². The van der Waals surface area contributed by atoms with Gasteiger partial charge in [0.05, 0.1) is 15.8 Å². The molecule has 1 aliphatic heterocycles. The fourth-order valence-electron chi connectivity index (χ4n) is 3.97. The van der Waals surface area contributed by atoms with Crippen molar-refractivity contribution in [3.05, 3.63) is 99.3 Å². The molecular weight excluding hydrogens is 490 g/mol. The number of halogens is 3. The van der Waals surface area contributed by atoms with Crippen LogP contribution in [-0.2, 0) is 11.4 Å². The Morgan fingerprint density at radius 2 is 1.89 bits per heavy atom. The van der Waals surface area contributed by atoms with Crippen LogP contribution in [0.2, 0.25) is 10.0 Å². The minimum absolute atomic E-state index is 0.154. The molecule has 2 atom stereocenters. The van der Waals surface area contributed by atoms with Gasteiger partial charge in [-0.05, 0) is 48.4 Å². The number of nitrogens with zero attached hydrogens (tertiary/aromatic N) is 2. The van der Waals surface area contributed by atoms with Gasteiger partial charge in [-0.25, -0.2) is 4.39 Å². The van der Waals surface area contributed by atoms with E-state index >= 15 is 0 Å². The number of aliphatic hydroxyl groups excluding tert-OH is 1. The molecule has 5 nitrogen and oxygen atoms in total. The van der Waals surface area contributed by atoms with E-state index in [-0.39, 0.29) is 18.5 Å². The lowest BCUT2D eigenvalue weighted by molar-refractivity contribution is 0.0212. The van der Waals surface area contributed by atoms with Crippen molar-refractivity contribution >= 4 is 28.9 Å². The second-order valence-electron chi connectivity index (χ2n) is 8.65. The van der Waals surface area contributed by atoms with E-state index in [0.29, 0.717) is 36.1 Å². The van der Waals surface area contributed by atoms with Gasteiger partial charge in [-0.1, -0.05) is 64.8 Å². The highest BCUT2D eigenvalue weighted by Crippen LogP contribution is 2.26. The minimum Gasteiger partial charge on any atom is -0.491 e. The first-order valence-electron chi connectivity index (χ1n) is 11.4. The number of benzene rings is 3. The summed E-state index contributed by atoms with van der Waals surface area (Å²) in [7, 11) is 0. The zero-order valence-electron chi connectivity index (χ0n) is 19.3. The molecule has 8 heteroatoms. The summed E-state index contributed by atoms with van der Waals surface area (Å²) in [5, 5.41) is 15.9. The maximum absolute atomic E-state index is 13.4. The second kappa shape index (κ2) is 11.9. The molecule has 0 aromatic heterocycles. The summed E-state index contributed by atoms with van der Waals surface area (Å²) in [6.07, 6.45) is -0.343. The third-order valence-corrected chi connectivity index (χ3v) is 6.50. The van der Waals surface area contributed by atoms with Gasteiger partial charge in [0.15, 0.2) is 0 Å². The smallest absolute Gasteiger partial charge is 0.145 e. The van der Waals surface area contributed by atoms with Gasteiger partial charge in [-0.15, -0.1) is 0 Å². The average Bonchev–Trinajstić information content (AvgIpc) is 3.30. The highest BCUT2D eigenvalue weighted by molar-refractivity contribution is 6.42. The molecule has 3 aromatic rings. The molecule has 0 saturated heterocycles. The first kappa shape index (κ1) is 25.5. The zero-order chi connectivity index (χ0) is 24.8. The first-order chi connectivity index (χ1) is 16.9. The van der Waals surface area contributed by atoms with Gasteiger partial charge in [0.1, 0.15) is 30.4 Å². The summed E-state index contributed by atoms with van der Waals surface area (Å²) >= 11 is 12.2. The molecule has 0 fully saturated rings. The lowest BCUT2D eigenvalue weighted by atomic mass is 10.0. The lowest BCUT2D eigenvalue weighted by Crippen LogP contribution is -2.39. The third-order valence-electron chi connectivity index (χ3n) is 5.76. The number of oxime groups is 1. The van der Waals surface area contributed by atoms with Crippen LogP contribution in [0.3, 0.4) is 0 Å². The van der Waals surface area contributed by atoms with E-state index in [1.54, 1.807) is 24.3 Å². The number of para-hydroxylation sites is 1. The maximum atomic E-state index is 13.4. The molecule has 0 radical (unpaired) electrons. The van der Waals surface area contributed by atoms with Crippen molar-refractivity contribution in [3.8, 4) is 5.75 Å². The standard InChI is InChI=1S/C27H27Cl2FN2O3/c1-18-4-2-3-5-27(18)34-17-22(33)15-32(14-19-6-9-21(30)10-7-19)16-23-13-26(31-35-23)20-8-11-24(28)25(29)12-20/h2-12,22-23,33H,13-17H2,1H3. The van der Waals surface area contributed by atoms with E-state index in [1.165, 1.54) is 12.1 Å². The molecule has 0 spiro atoms. The summed E-state index contributed by atoms with van der Waals surface area (Å²) in [5.74, 6) is 0.459. The Morgan fingerprint density at radius 1 is 1.11 bits per heavy atom. The van der Waals surface area contributed by atoms with Crippen LogP contribution in [-0.4, -0.2) is 47.6 Å². The fraction of sp³-hybridized carbons (Fsp3) is 0.296. The quantitative estimate of drug-likeness (QED) is 0.365. The number of aliphatic hydroxyl groups is 1. The molecule has 2 unspecified atom stereocenters. The molecule has 0 aliphatic carbocycles. The van der Waals surface area contributed by atoms with Crippen LogP contribution in [0.5, 0.6) is 5.75 Å². The summed E-state index contributed by atoms with van der Waals surface area (Å²) in [6, 6.07) is 19.4. The topological polar surface area (TPSA) is 54.3 Å². The van der Waals surface area contributed by atoms with Crippen molar-refractivity contribution < 1.29 is 19.1 Å². The Kier molecular flexibility index (Phi) is 8.63. The van der Waals surface area contributed by atoms with Crippen LogP contribution in [0, 0.1) is 12.7 Å². The largest absolute Gasteiger partial charge is 0.491 e. The minimum atomic E-state index is -0.730. The van der Waals surface area contributed by atoms with Crippen molar-refractivity contribution in [2.75, 3.05) is 19.7 Å². The molecule has 35 heavy (non-hydrogen) atoms. The van der Waals surface area contributed by atoms with Crippen LogP contribution >= 0.6 is 23.2 Å². The molecule has 3 aromatic carbocycles. The van der Waals surface area contributed by atoms with Gasteiger partial charge < -0.3 is 14.7 Å². The van der Waals surface area contributed by atoms with E-state index in [4.69, 9.17) is 32.8 Å². The first-order valence-corrected chi connectivity index (χ1v) is 12.1. The monoisotopic (exact) mass is 516 g/mol. The highest BCUT2D eigenvalue weighted by atomic mass is 35.5. The van der Waals surface area contributed by atoms with Crippen LogP contribution in [0.1, 0.15) is 23.1 Å². The molecule has 184 valence electrons. The predicted octanol–water partition coefficient (Wildman–Crippen LogP) is 5.88. The van der Waals surface area contributed by atoms with Crippen molar-refractivity contribution in [3.63, 3.8) is 0 Å². The highest BCUT2D eigenvalue weighted by Gasteiger charge is 2.26. The van der Waals surface area contributed by atoms with Gasteiger partial charge in [0.2, 0.25) is 0 Å². The predicted molar refractivity (Wildman–Crippen MR) is 137 cm³/mol. The Morgan fingerprint density at radius 3 is 2.63 bits per heavy atom. The van der Waals surface area contributed by atoms with Crippen LogP contribution in [0.15, 0.2) is 71.9 Å². The number of rotatable bonds is 10. The molecule has 0 bridgehead atoms. The SMILES string of the molecule is Cc1ccccc1OCC(O)CN(Cc1ccc(F)cc1)CC1CC(c2ccc(Cl)c(Cl)c2)=NO1. The molecule has 1 N–H and O–H groups in total. The molecule has 0 amide bonds. The summed E-state index contributed by atoms with van der Waals surface area (Å²) < 4.78 is 19.2. The van der Waals surface area contributed by atoms with E-state index in [9.17, 15) is 9.50 Å². The van der Waals surface area contributed by atoms with Crippen LogP contribution in [0.25, 0.3) is 0 Å². The van der Waals surface area contributed by atoms with Gasteiger partial charge in [-0.3, -0.25) is 4.90 Å². The zero-order valence-corrected chi connectivity index (χ0v) is 20.8. The number of aryl methyl sites for hydroxylation is 1. The lowest BCUT2D eigenvalue weighted by Gasteiger charge is -2.27. The van der Waals surface area contributed by atoms with Crippen molar-refractivity contribution in [1.82, 2.24) is 4.90 Å². The van der Waals surface area contributed by atoms with Gasteiger partial charge in [-0.2, -0.15) is 0 Å². The van der Waals surface area contributed by atoms with E-state index in [2.05, 4.69) is 10.1 Å². The molecule has 4 rings (SSSR count). The van der Waals surface area contributed by atoms with Gasteiger partial charge >= 0.3 is 0 Å². The van der Waals surface area contributed by atoms with E-state index in [0.717, 1.165) is 28.2 Å². The molecular formula is C27H27Cl2FN2O3. The van der Waals surface area contributed by atoms with E-state index in [1.807, 2.05) is 37.3 Å². The Labute approximate surface area is 214 Å². The normalized spacial score (nSPS) is 16.2.